The van der Waals surface area contributed by atoms with Crippen LogP contribution in [0.4, 0.5) is 27.8 Å². The largest absolute Gasteiger partial charge is 0.497 e. The summed E-state index contributed by atoms with van der Waals surface area (Å²) in [6.45, 7) is 0.111. The number of aromatic nitrogens is 2. The van der Waals surface area contributed by atoms with Crippen molar-refractivity contribution in [1.82, 2.24) is 9.97 Å². The number of aliphatic hydroxyl groups is 1. The van der Waals surface area contributed by atoms with E-state index in [2.05, 4.69) is 25.3 Å². The fourth-order valence-electron chi connectivity index (χ4n) is 3.64. The Bertz CT molecular complexity index is 1610. The van der Waals surface area contributed by atoms with E-state index < -0.39 is 16.1 Å². The number of benzene rings is 3. The fraction of sp³-hybridized carbons (Fsp3) is 0.192. The Balaban J connectivity index is 1.77. The molecule has 40 heavy (non-hydrogen) atoms. The molecule has 0 saturated heterocycles. The monoisotopic (exact) mass is 569 g/mol. The Morgan fingerprint density at radius 1 is 0.950 bits per heavy atom. The van der Waals surface area contributed by atoms with Crippen LogP contribution in [-0.4, -0.2) is 62.1 Å². The highest BCUT2D eigenvalue weighted by Crippen LogP contribution is 2.42. The van der Waals surface area contributed by atoms with E-state index >= 15 is 0 Å². The van der Waals surface area contributed by atoms with E-state index in [0.717, 1.165) is 0 Å². The van der Waals surface area contributed by atoms with Crippen molar-refractivity contribution in [2.75, 3.05) is 42.8 Å². The molecule has 14 heteroatoms. The number of amides is 1. The Morgan fingerprint density at radius 3 is 2.23 bits per heavy atom. The van der Waals surface area contributed by atoms with Gasteiger partial charge in [-0.25, -0.2) is 23.2 Å². The van der Waals surface area contributed by atoms with E-state index in [1.54, 1.807) is 36.4 Å². The van der Waals surface area contributed by atoms with Crippen molar-refractivity contribution in [3.05, 3.63) is 60.7 Å². The highest BCUT2D eigenvalue weighted by atomic mass is 32.2. The van der Waals surface area contributed by atoms with E-state index in [0.29, 0.717) is 40.4 Å². The number of nitrogens with zero attached hydrogens (tertiary/aromatic N) is 2. The van der Waals surface area contributed by atoms with Crippen molar-refractivity contribution in [1.29, 1.82) is 0 Å². The summed E-state index contributed by atoms with van der Waals surface area (Å²) in [4.78, 5) is 19.8. The quantitative estimate of drug-likeness (QED) is 0.155. The smallest absolute Gasteiger partial charge is 0.409 e. The molecule has 1 aromatic heterocycles. The van der Waals surface area contributed by atoms with Crippen LogP contribution in [0.3, 0.4) is 0 Å². The zero-order valence-electron chi connectivity index (χ0n) is 21.5. The van der Waals surface area contributed by atoms with Gasteiger partial charge in [0.25, 0.3) is 10.0 Å². The lowest BCUT2D eigenvalue weighted by atomic mass is 10.2. The Hall–Kier alpha value is -4.82. The van der Waals surface area contributed by atoms with Crippen molar-refractivity contribution in [3.63, 3.8) is 0 Å². The Labute approximate surface area is 229 Å². The zero-order chi connectivity index (χ0) is 28.7. The second-order valence-corrected chi connectivity index (χ2v) is 9.91. The summed E-state index contributed by atoms with van der Waals surface area (Å²) in [5.74, 6) is 1.02. The molecule has 0 saturated carbocycles. The molecule has 4 rings (SSSR count). The van der Waals surface area contributed by atoms with Crippen molar-refractivity contribution >= 4 is 50.2 Å². The van der Waals surface area contributed by atoms with Crippen LogP contribution in [0.1, 0.15) is 6.42 Å². The van der Waals surface area contributed by atoms with Crippen LogP contribution in [0.15, 0.2) is 65.6 Å². The molecule has 1 amide bonds. The van der Waals surface area contributed by atoms with Gasteiger partial charge in [0.2, 0.25) is 0 Å². The molecule has 0 bridgehead atoms. The lowest BCUT2D eigenvalue weighted by Crippen LogP contribution is -2.16. The van der Waals surface area contributed by atoms with Crippen LogP contribution in [0, 0.1) is 0 Å². The van der Waals surface area contributed by atoms with Crippen LogP contribution in [0.5, 0.6) is 17.2 Å². The summed E-state index contributed by atoms with van der Waals surface area (Å²) in [6, 6.07) is 15.4. The molecular formula is C26H27N5O8S. The molecule has 210 valence electrons. The SMILES string of the molecule is COc1cc(Nc2nc3ccccc3nc2NS(=O)(=O)c2ccc(NC(=O)O)cc2)c(OCCCO)c(OC)c1. The van der Waals surface area contributed by atoms with E-state index in [4.69, 9.17) is 19.3 Å². The van der Waals surface area contributed by atoms with E-state index in [9.17, 15) is 18.3 Å². The van der Waals surface area contributed by atoms with Gasteiger partial charge >= 0.3 is 6.09 Å². The first-order valence-corrected chi connectivity index (χ1v) is 13.4. The molecule has 0 spiro atoms. The number of ether oxygens (including phenoxy) is 3. The third-order valence-corrected chi connectivity index (χ3v) is 6.86. The first kappa shape index (κ1) is 28.2. The van der Waals surface area contributed by atoms with E-state index in [-0.39, 0.29) is 35.4 Å². The molecule has 0 atom stereocenters. The molecule has 5 N–H and O–H groups in total. The number of hydrogen-bond donors (Lipinski definition) is 5. The van der Waals surface area contributed by atoms with Gasteiger partial charge in [-0.1, -0.05) is 12.1 Å². The summed E-state index contributed by atoms with van der Waals surface area (Å²) in [6.07, 6.45) is -0.902. The van der Waals surface area contributed by atoms with Crippen LogP contribution < -0.4 is 29.6 Å². The summed E-state index contributed by atoms with van der Waals surface area (Å²) in [5, 5.41) is 23.3. The van der Waals surface area contributed by atoms with Gasteiger partial charge in [-0.2, -0.15) is 0 Å². The van der Waals surface area contributed by atoms with Gasteiger partial charge in [0.05, 0.1) is 42.4 Å². The van der Waals surface area contributed by atoms with Gasteiger partial charge in [0.15, 0.2) is 23.1 Å². The molecule has 1 heterocycles. The number of methoxy groups -OCH3 is 2. The number of nitrogens with one attached hydrogen (secondary N) is 3. The van der Waals surface area contributed by atoms with Crippen molar-refractivity contribution in [3.8, 4) is 17.2 Å². The number of carboxylic acid groups (broad SMARTS) is 1. The predicted molar refractivity (Wildman–Crippen MR) is 148 cm³/mol. The average molecular weight is 570 g/mol. The second kappa shape index (κ2) is 12.4. The van der Waals surface area contributed by atoms with Gasteiger partial charge in [-0.15, -0.1) is 0 Å². The minimum atomic E-state index is -4.17. The van der Waals surface area contributed by atoms with Gasteiger partial charge < -0.3 is 29.7 Å². The number of anilines is 4. The maximum absolute atomic E-state index is 13.3. The van der Waals surface area contributed by atoms with Crippen LogP contribution in [0.2, 0.25) is 0 Å². The normalized spacial score (nSPS) is 11.1. The third kappa shape index (κ3) is 6.59. The lowest BCUT2D eigenvalue weighted by molar-refractivity contribution is 0.209. The predicted octanol–water partition coefficient (Wildman–Crippen LogP) is 4.04. The summed E-state index contributed by atoms with van der Waals surface area (Å²) >= 11 is 0. The number of fused-ring (bicyclic) bond motifs is 1. The maximum Gasteiger partial charge on any atom is 0.409 e. The molecule has 4 aromatic rings. The number of hydrogen-bond acceptors (Lipinski definition) is 10. The number of rotatable bonds is 12. The molecule has 0 unspecified atom stereocenters. The van der Waals surface area contributed by atoms with Gasteiger partial charge in [0.1, 0.15) is 5.75 Å². The Morgan fingerprint density at radius 2 is 1.62 bits per heavy atom. The first-order valence-electron chi connectivity index (χ1n) is 11.9. The minimum Gasteiger partial charge on any atom is -0.497 e. The van der Waals surface area contributed by atoms with E-state index in [1.165, 1.54) is 38.5 Å². The highest BCUT2D eigenvalue weighted by Gasteiger charge is 2.22. The molecule has 13 nitrogen and oxygen atoms in total. The molecule has 0 fully saturated rings. The van der Waals surface area contributed by atoms with Crippen molar-refractivity contribution in [2.45, 2.75) is 11.3 Å². The summed E-state index contributed by atoms with van der Waals surface area (Å²) in [7, 11) is -1.23. The minimum absolute atomic E-state index is 0.0637. The third-order valence-electron chi connectivity index (χ3n) is 5.50. The van der Waals surface area contributed by atoms with Crippen LogP contribution in [0.25, 0.3) is 11.0 Å². The molecule has 0 aliphatic heterocycles. The summed E-state index contributed by atoms with van der Waals surface area (Å²) in [5.41, 5.74) is 1.49. The Kier molecular flexibility index (Phi) is 8.71. The lowest BCUT2D eigenvalue weighted by Gasteiger charge is -2.19. The van der Waals surface area contributed by atoms with Crippen molar-refractivity contribution < 1.29 is 37.6 Å². The molecule has 3 aromatic carbocycles. The number of sulfonamides is 1. The number of para-hydroxylation sites is 2. The fourth-order valence-corrected chi connectivity index (χ4v) is 4.65. The topological polar surface area (TPSA) is 181 Å². The number of carbonyl (C=O) groups is 1. The van der Waals surface area contributed by atoms with Gasteiger partial charge in [-0.05, 0) is 36.4 Å². The first-order chi connectivity index (χ1) is 19.2. The molecular weight excluding hydrogens is 542 g/mol. The average Bonchev–Trinajstić information content (AvgIpc) is 2.93. The highest BCUT2D eigenvalue weighted by molar-refractivity contribution is 7.92. The molecule has 0 aliphatic carbocycles. The van der Waals surface area contributed by atoms with Gasteiger partial charge in [0, 0.05) is 30.8 Å². The maximum atomic E-state index is 13.3. The standard InChI is InChI=1S/C26H27N5O8S/c1-37-17-14-21(23(22(15-17)38-2)39-13-5-12-32)30-24-25(29-20-7-4-3-6-19(20)28-24)31-40(35,36)18-10-8-16(9-11-18)27-26(33)34/h3-4,6-11,14-15,27,32H,5,12-13H2,1-2H3,(H,28,30)(H,29,31)(H,33,34). The summed E-state index contributed by atoms with van der Waals surface area (Å²) < 4.78 is 45.8. The zero-order valence-corrected chi connectivity index (χ0v) is 22.4. The number of aliphatic hydroxyl groups excluding tert-OH is 1. The second-order valence-electron chi connectivity index (χ2n) is 8.23. The van der Waals surface area contributed by atoms with E-state index in [1.807, 2.05) is 0 Å². The van der Waals surface area contributed by atoms with Gasteiger partial charge in [-0.3, -0.25) is 10.0 Å². The van der Waals surface area contributed by atoms with Crippen LogP contribution >= 0.6 is 0 Å². The molecule has 0 aliphatic rings. The molecule has 0 radical (unpaired) electrons. The van der Waals surface area contributed by atoms with Crippen LogP contribution in [-0.2, 0) is 10.0 Å². The van der Waals surface area contributed by atoms with Crippen molar-refractivity contribution in [2.24, 2.45) is 0 Å².